The molecule has 4 amide bonds. The number of carbonyl (C=O) groups excluding carboxylic acids is 3. The third-order valence-electron chi connectivity index (χ3n) is 4.90. The monoisotopic (exact) mass is 432 g/mol. The number of furan rings is 1. The molecule has 0 unspecified atom stereocenters. The smallest absolute Gasteiger partial charge is 0.321 e. The van der Waals surface area contributed by atoms with Crippen molar-refractivity contribution in [1.82, 2.24) is 15.1 Å². The number of halogens is 1. The Labute approximate surface area is 180 Å². The summed E-state index contributed by atoms with van der Waals surface area (Å²) in [6, 6.07) is 8.37. The highest BCUT2D eigenvalue weighted by atomic mass is 35.5. The molecule has 30 heavy (non-hydrogen) atoms. The lowest BCUT2D eigenvalue weighted by atomic mass is 10.2. The normalized spacial score (nSPS) is 14.2. The molecule has 9 heteroatoms. The number of hydrogen-bond acceptors (Lipinski definition) is 4. The number of nitrogens with zero attached hydrogens (tertiary/aromatic N) is 2. The molecule has 0 radical (unpaired) electrons. The average Bonchev–Trinajstić information content (AvgIpc) is 2.90. The first-order valence-corrected chi connectivity index (χ1v) is 10.2. The van der Waals surface area contributed by atoms with Crippen molar-refractivity contribution in [2.75, 3.05) is 38.0 Å². The summed E-state index contributed by atoms with van der Waals surface area (Å²) in [5.41, 5.74) is 1.05. The van der Waals surface area contributed by atoms with E-state index in [4.69, 9.17) is 16.0 Å². The molecule has 2 aromatic rings. The fourth-order valence-electron chi connectivity index (χ4n) is 3.36. The second-order valence-electron chi connectivity index (χ2n) is 7.17. The topological polar surface area (TPSA) is 94.9 Å². The second kappa shape index (κ2) is 9.67. The first kappa shape index (κ1) is 21.7. The fourth-order valence-corrected chi connectivity index (χ4v) is 3.55. The van der Waals surface area contributed by atoms with Crippen LogP contribution in [-0.4, -0.2) is 60.4 Å². The van der Waals surface area contributed by atoms with E-state index in [1.165, 1.54) is 0 Å². The maximum Gasteiger partial charge on any atom is 0.321 e. The maximum atomic E-state index is 12.5. The van der Waals surface area contributed by atoms with Crippen molar-refractivity contribution in [3.8, 4) is 0 Å². The summed E-state index contributed by atoms with van der Waals surface area (Å²) < 4.78 is 5.35. The van der Waals surface area contributed by atoms with Crippen molar-refractivity contribution in [1.29, 1.82) is 0 Å². The number of rotatable bonds is 4. The zero-order valence-electron chi connectivity index (χ0n) is 17.0. The molecule has 160 valence electrons. The molecule has 0 spiro atoms. The van der Waals surface area contributed by atoms with Gasteiger partial charge in [-0.3, -0.25) is 9.59 Å². The molecule has 1 aromatic carbocycles. The number of anilines is 1. The summed E-state index contributed by atoms with van der Waals surface area (Å²) in [6.45, 7) is 5.25. The molecule has 1 aromatic heterocycles. The lowest BCUT2D eigenvalue weighted by Gasteiger charge is -2.22. The molecule has 8 nitrogen and oxygen atoms in total. The standard InChI is InChI=1S/C21H25ClN4O4/c1-14-11-18(15(2)30-14)20(28)23-13-19(27)25-7-4-8-26(10-9-25)21(29)24-17-6-3-5-16(22)12-17/h3,5-6,11-12H,4,7-10,13H2,1-2H3,(H,23,28)(H,24,29). The van der Waals surface area contributed by atoms with Crippen LogP contribution in [0.25, 0.3) is 0 Å². The number of benzene rings is 1. The molecule has 0 bridgehead atoms. The van der Waals surface area contributed by atoms with Crippen LogP contribution in [0.4, 0.5) is 10.5 Å². The van der Waals surface area contributed by atoms with Crippen LogP contribution in [0.15, 0.2) is 34.7 Å². The van der Waals surface area contributed by atoms with Gasteiger partial charge in [-0.1, -0.05) is 17.7 Å². The summed E-state index contributed by atoms with van der Waals surface area (Å²) in [5.74, 6) is 0.648. The van der Waals surface area contributed by atoms with Crippen LogP contribution in [-0.2, 0) is 4.79 Å². The highest BCUT2D eigenvalue weighted by molar-refractivity contribution is 6.30. The van der Waals surface area contributed by atoms with Crippen LogP contribution < -0.4 is 10.6 Å². The molecule has 3 rings (SSSR count). The number of urea groups is 1. The molecule has 1 fully saturated rings. The molecule has 1 saturated heterocycles. The minimum Gasteiger partial charge on any atom is -0.466 e. The van der Waals surface area contributed by atoms with E-state index in [2.05, 4.69) is 10.6 Å². The number of aryl methyl sites for hydroxylation is 2. The van der Waals surface area contributed by atoms with E-state index in [9.17, 15) is 14.4 Å². The van der Waals surface area contributed by atoms with Gasteiger partial charge in [-0.15, -0.1) is 0 Å². The van der Waals surface area contributed by atoms with Gasteiger partial charge in [0.1, 0.15) is 11.5 Å². The number of amides is 4. The Kier molecular flexibility index (Phi) is 6.99. The van der Waals surface area contributed by atoms with Crippen LogP contribution in [0.3, 0.4) is 0 Å². The largest absolute Gasteiger partial charge is 0.466 e. The fraction of sp³-hybridized carbons (Fsp3) is 0.381. The van der Waals surface area contributed by atoms with Gasteiger partial charge in [-0.05, 0) is 44.5 Å². The number of hydrogen-bond donors (Lipinski definition) is 2. The summed E-state index contributed by atoms with van der Waals surface area (Å²) in [7, 11) is 0. The van der Waals surface area contributed by atoms with Crippen molar-refractivity contribution in [3.63, 3.8) is 0 Å². The third kappa shape index (κ3) is 5.54. The molecule has 0 atom stereocenters. The minimum atomic E-state index is -0.338. The average molecular weight is 433 g/mol. The lowest BCUT2D eigenvalue weighted by molar-refractivity contribution is -0.129. The molecular weight excluding hydrogens is 408 g/mol. The van der Waals surface area contributed by atoms with E-state index in [0.29, 0.717) is 60.4 Å². The van der Waals surface area contributed by atoms with Crippen molar-refractivity contribution >= 4 is 35.1 Å². The van der Waals surface area contributed by atoms with Gasteiger partial charge in [-0.2, -0.15) is 0 Å². The van der Waals surface area contributed by atoms with Gasteiger partial charge in [-0.25, -0.2) is 4.79 Å². The van der Waals surface area contributed by atoms with Crippen molar-refractivity contribution in [3.05, 3.63) is 52.4 Å². The Hall–Kier alpha value is -3.00. The summed E-state index contributed by atoms with van der Waals surface area (Å²) in [6.07, 6.45) is 0.655. The Morgan fingerprint density at radius 1 is 1.07 bits per heavy atom. The minimum absolute atomic E-state index is 0.1000. The zero-order valence-corrected chi connectivity index (χ0v) is 17.8. The van der Waals surface area contributed by atoms with E-state index in [1.807, 2.05) is 0 Å². The number of nitrogens with one attached hydrogen (secondary N) is 2. The molecule has 2 heterocycles. The van der Waals surface area contributed by atoms with Gasteiger partial charge in [0.15, 0.2) is 0 Å². The van der Waals surface area contributed by atoms with Gasteiger partial charge in [0.25, 0.3) is 5.91 Å². The van der Waals surface area contributed by atoms with Crippen molar-refractivity contribution < 1.29 is 18.8 Å². The zero-order chi connectivity index (χ0) is 21.7. The quantitative estimate of drug-likeness (QED) is 0.776. The predicted octanol–water partition coefficient (Wildman–Crippen LogP) is 3.05. The lowest BCUT2D eigenvalue weighted by Crippen LogP contribution is -2.43. The van der Waals surface area contributed by atoms with Crippen LogP contribution >= 0.6 is 11.6 Å². The Bertz CT molecular complexity index is 943. The molecule has 2 N–H and O–H groups in total. The van der Waals surface area contributed by atoms with Crippen LogP contribution in [0.2, 0.25) is 5.02 Å². The molecule has 1 aliphatic rings. The summed E-state index contributed by atoms with van der Waals surface area (Å²) in [4.78, 5) is 40.7. The Morgan fingerprint density at radius 2 is 1.80 bits per heavy atom. The van der Waals surface area contributed by atoms with Gasteiger partial charge in [0, 0.05) is 36.9 Å². The first-order chi connectivity index (χ1) is 14.3. The van der Waals surface area contributed by atoms with Crippen LogP contribution in [0.5, 0.6) is 0 Å². The molecule has 0 saturated carbocycles. The Balaban J connectivity index is 1.49. The van der Waals surface area contributed by atoms with Gasteiger partial charge in [0.2, 0.25) is 5.91 Å². The van der Waals surface area contributed by atoms with E-state index < -0.39 is 0 Å². The van der Waals surface area contributed by atoms with Gasteiger partial charge in [0.05, 0.1) is 12.1 Å². The summed E-state index contributed by atoms with van der Waals surface area (Å²) >= 11 is 5.95. The van der Waals surface area contributed by atoms with E-state index in [0.717, 1.165) is 0 Å². The second-order valence-corrected chi connectivity index (χ2v) is 7.61. The van der Waals surface area contributed by atoms with E-state index >= 15 is 0 Å². The molecular formula is C21H25ClN4O4. The van der Waals surface area contributed by atoms with Gasteiger partial charge < -0.3 is 24.9 Å². The van der Waals surface area contributed by atoms with Crippen LogP contribution in [0.1, 0.15) is 28.3 Å². The molecule has 0 aliphatic carbocycles. The maximum absolute atomic E-state index is 12.5. The molecule has 1 aliphatic heterocycles. The van der Waals surface area contributed by atoms with Crippen molar-refractivity contribution in [2.24, 2.45) is 0 Å². The SMILES string of the molecule is Cc1cc(C(=O)NCC(=O)N2CCCN(C(=O)Nc3cccc(Cl)c3)CC2)c(C)o1. The predicted molar refractivity (Wildman–Crippen MR) is 114 cm³/mol. The van der Waals surface area contributed by atoms with Gasteiger partial charge >= 0.3 is 6.03 Å². The van der Waals surface area contributed by atoms with Crippen LogP contribution in [0, 0.1) is 13.8 Å². The summed E-state index contributed by atoms with van der Waals surface area (Å²) in [5, 5.41) is 6.01. The van der Waals surface area contributed by atoms with E-state index in [1.54, 1.807) is 54.0 Å². The van der Waals surface area contributed by atoms with Crippen molar-refractivity contribution in [2.45, 2.75) is 20.3 Å². The number of carbonyl (C=O) groups is 3. The first-order valence-electron chi connectivity index (χ1n) is 9.78. The Morgan fingerprint density at radius 3 is 2.50 bits per heavy atom. The highest BCUT2D eigenvalue weighted by Crippen LogP contribution is 2.16. The third-order valence-corrected chi connectivity index (χ3v) is 5.13. The van der Waals surface area contributed by atoms with E-state index in [-0.39, 0.29) is 24.4 Å². The highest BCUT2D eigenvalue weighted by Gasteiger charge is 2.23.